The SMILES string of the molecule is COC(=O)NCCc1ccc(C(C)C)cc1OC. The fraction of sp³-hybridized carbons (Fsp3) is 0.500. The molecule has 0 aromatic heterocycles. The lowest BCUT2D eigenvalue weighted by Crippen LogP contribution is -2.25. The normalized spacial score (nSPS) is 10.3. The standard InChI is InChI=1S/C14H21NO3/c1-10(2)12-6-5-11(13(9-12)17-3)7-8-15-14(16)18-4/h5-6,9-10H,7-8H2,1-4H3,(H,15,16). The van der Waals surface area contributed by atoms with Crippen molar-refractivity contribution in [3.05, 3.63) is 29.3 Å². The average molecular weight is 251 g/mol. The molecule has 18 heavy (non-hydrogen) atoms. The van der Waals surface area contributed by atoms with Gasteiger partial charge < -0.3 is 14.8 Å². The maximum absolute atomic E-state index is 10.9. The van der Waals surface area contributed by atoms with Crippen LogP contribution in [-0.4, -0.2) is 26.9 Å². The van der Waals surface area contributed by atoms with Crippen LogP contribution in [0.3, 0.4) is 0 Å². The molecule has 100 valence electrons. The Morgan fingerprint density at radius 2 is 2.06 bits per heavy atom. The summed E-state index contributed by atoms with van der Waals surface area (Å²) in [4.78, 5) is 10.9. The molecule has 1 amide bonds. The van der Waals surface area contributed by atoms with E-state index in [1.807, 2.05) is 6.07 Å². The highest BCUT2D eigenvalue weighted by Gasteiger charge is 2.07. The number of benzene rings is 1. The molecule has 1 rings (SSSR count). The fourth-order valence-corrected chi connectivity index (χ4v) is 1.70. The van der Waals surface area contributed by atoms with Crippen LogP contribution in [0.4, 0.5) is 4.79 Å². The Hall–Kier alpha value is -1.71. The summed E-state index contributed by atoms with van der Waals surface area (Å²) in [5, 5.41) is 2.65. The summed E-state index contributed by atoms with van der Waals surface area (Å²) < 4.78 is 9.89. The van der Waals surface area contributed by atoms with Crippen molar-refractivity contribution >= 4 is 6.09 Å². The molecule has 1 aromatic rings. The zero-order valence-electron chi connectivity index (χ0n) is 11.4. The number of nitrogens with one attached hydrogen (secondary N) is 1. The van der Waals surface area contributed by atoms with Gasteiger partial charge in [-0.2, -0.15) is 0 Å². The number of methoxy groups -OCH3 is 2. The molecule has 0 fully saturated rings. The Kier molecular flexibility index (Phi) is 5.49. The first-order chi connectivity index (χ1) is 8.58. The zero-order valence-corrected chi connectivity index (χ0v) is 11.4. The first-order valence-corrected chi connectivity index (χ1v) is 6.07. The van der Waals surface area contributed by atoms with Gasteiger partial charge in [-0.25, -0.2) is 4.79 Å². The lowest BCUT2D eigenvalue weighted by molar-refractivity contribution is 0.171. The van der Waals surface area contributed by atoms with Gasteiger partial charge in [-0.15, -0.1) is 0 Å². The molecule has 0 atom stereocenters. The van der Waals surface area contributed by atoms with E-state index in [0.29, 0.717) is 12.5 Å². The summed E-state index contributed by atoms with van der Waals surface area (Å²) in [5.41, 5.74) is 2.33. The van der Waals surface area contributed by atoms with Gasteiger partial charge in [-0.05, 0) is 29.5 Å². The lowest BCUT2D eigenvalue weighted by atomic mass is 10.00. The molecule has 4 heteroatoms. The Labute approximate surface area is 108 Å². The van der Waals surface area contributed by atoms with E-state index in [-0.39, 0.29) is 0 Å². The second kappa shape index (κ2) is 6.89. The Morgan fingerprint density at radius 1 is 1.33 bits per heavy atom. The third-order valence-electron chi connectivity index (χ3n) is 2.83. The Morgan fingerprint density at radius 3 is 2.61 bits per heavy atom. The van der Waals surface area contributed by atoms with E-state index in [2.05, 4.69) is 36.0 Å². The smallest absolute Gasteiger partial charge is 0.406 e. The van der Waals surface area contributed by atoms with Crippen molar-refractivity contribution in [2.24, 2.45) is 0 Å². The molecule has 0 saturated carbocycles. The predicted octanol–water partition coefficient (Wildman–Crippen LogP) is 2.72. The number of amides is 1. The van der Waals surface area contributed by atoms with Gasteiger partial charge >= 0.3 is 6.09 Å². The van der Waals surface area contributed by atoms with Crippen molar-refractivity contribution < 1.29 is 14.3 Å². The van der Waals surface area contributed by atoms with Crippen LogP contribution in [0.5, 0.6) is 5.75 Å². The minimum absolute atomic E-state index is 0.409. The highest BCUT2D eigenvalue weighted by molar-refractivity contribution is 5.66. The Balaban J connectivity index is 2.68. The second-order valence-electron chi connectivity index (χ2n) is 4.39. The molecule has 1 aromatic carbocycles. The van der Waals surface area contributed by atoms with E-state index in [1.54, 1.807) is 7.11 Å². The first-order valence-electron chi connectivity index (χ1n) is 6.07. The highest BCUT2D eigenvalue weighted by atomic mass is 16.5. The third-order valence-corrected chi connectivity index (χ3v) is 2.83. The van der Waals surface area contributed by atoms with Gasteiger partial charge in [-0.3, -0.25) is 0 Å². The van der Waals surface area contributed by atoms with E-state index in [9.17, 15) is 4.79 Å². The van der Waals surface area contributed by atoms with Gasteiger partial charge in [0.2, 0.25) is 0 Å². The van der Waals surface area contributed by atoms with E-state index >= 15 is 0 Å². The molecular formula is C14H21NO3. The number of hydrogen-bond acceptors (Lipinski definition) is 3. The fourth-order valence-electron chi connectivity index (χ4n) is 1.70. The molecular weight excluding hydrogens is 230 g/mol. The van der Waals surface area contributed by atoms with Gasteiger partial charge in [0.25, 0.3) is 0 Å². The van der Waals surface area contributed by atoms with Gasteiger partial charge in [0.05, 0.1) is 14.2 Å². The lowest BCUT2D eigenvalue weighted by Gasteiger charge is -2.12. The number of alkyl carbamates (subject to hydrolysis) is 1. The van der Waals surface area contributed by atoms with E-state index in [4.69, 9.17) is 4.74 Å². The van der Waals surface area contributed by atoms with E-state index in [0.717, 1.165) is 17.7 Å². The van der Waals surface area contributed by atoms with Gasteiger partial charge in [0.15, 0.2) is 0 Å². The van der Waals surface area contributed by atoms with Crippen molar-refractivity contribution in [2.45, 2.75) is 26.2 Å². The van der Waals surface area contributed by atoms with E-state index in [1.165, 1.54) is 12.7 Å². The summed E-state index contributed by atoms with van der Waals surface area (Å²) in [5.74, 6) is 1.34. The van der Waals surface area contributed by atoms with Crippen LogP contribution >= 0.6 is 0 Å². The molecule has 4 nitrogen and oxygen atoms in total. The summed E-state index contributed by atoms with van der Waals surface area (Å²) in [6.07, 6.45) is 0.309. The monoisotopic (exact) mass is 251 g/mol. The molecule has 0 aliphatic carbocycles. The van der Waals surface area contributed by atoms with Gasteiger partial charge in [-0.1, -0.05) is 26.0 Å². The minimum atomic E-state index is -0.409. The predicted molar refractivity (Wildman–Crippen MR) is 71.2 cm³/mol. The minimum Gasteiger partial charge on any atom is -0.496 e. The third kappa shape index (κ3) is 3.95. The van der Waals surface area contributed by atoms with Crippen LogP contribution in [-0.2, 0) is 11.2 Å². The first kappa shape index (κ1) is 14.4. The number of rotatable bonds is 5. The topological polar surface area (TPSA) is 47.6 Å². The number of hydrogen-bond donors (Lipinski definition) is 1. The Bertz CT molecular complexity index is 402. The van der Waals surface area contributed by atoms with Crippen LogP contribution in [0.15, 0.2) is 18.2 Å². The average Bonchev–Trinajstić information content (AvgIpc) is 2.38. The molecule has 0 saturated heterocycles. The van der Waals surface area contributed by atoms with Crippen molar-refractivity contribution in [3.63, 3.8) is 0 Å². The van der Waals surface area contributed by atoms with Crippen LogP contribution in [0.25, 0.3) is 0 Å². The summed E-state index contributed by atoms with van der Waals surface area (Å²) >= 11 is 0. The molecule has 0 heterocycles. The molecule has 0 aliphatic heterocycles. The second-order valence-corrected chi connectivity index (χ2v) is 4.39. The molecule has 1 N–H and O–H groups in total. The van der Waals surface area contributed by atoms with Crippen LogP contribution in [0.2, 0.25) is 0 Å². The largest absolute Gasteiger partial charge is 0.496 e. The molecule has 0 spiro atoms. The summed E-state index contributed by atoms with van der Waals surface area (Å²) in [6.45, 7) is 4.82. The van der Waals surface area contributed by atoms with Crippen LogP contribution in [0, 0.1) is 0 Å². The van der Waals surface area contributed by atoms with Crippen molar-refractivity contribution in [3.8, 4) is 5.75 Å². The number of carbonyl (C=O) groups is 1. The molecule has 0 aliphatic rings. The zero-order chi connectivity index (χ0) is 13.5. The maximum atomic E-state index is 10.9. The number of carbonyl (C=O) groups excluding carboxylic acids is 1. The summed E-state index contributed by atoms with van der Waals surface area (Å²) in [6, 6.07) is 6.20. The highest BCUT2D eigenvalue weighted by Crippen LogP contribution is 2.24. The number of ether oxygens (including phenoxy) is 2. The van der Waals surface area contributed by atoms with Crippen molar-refractivity contribution in [1.82, 2.24) is 5.32 Å². The molecule has 0 bridgehead atoms. The van der Waals surface area contributed by atoms with Crippen molar-refractivity contribution in [1.29, 1.82) is 0 Å². The molecule has 0 radical (unpaired) electrons. The van der Waals surface area contributed by atoms with Crippen LogP contribution < -0.4 is 10.1 Å². The van der Waals surface area contributed by atoms with Crippen LogP contribution in [0.1, 0.15) is 30.9 Å². The van der Waals surface area contributed by atoms with Gasteiger partial charge in [0, 0.05) is 6.54 Å². The van der Waals surface area contributed by atoms with Gasteiger partial charge in [0.1, 0.15) is 5.75 Å². The maximum Gasteiger partial charge on any atom is 0.406 e. The molecule has 0 unspecified atom stereocenters. The summed E-state index contributed by atoms with van der Waals surface area (Å²) in [7, 11) is 3.02. The van der Waals surface area contributed by atoms with E-state index < -0.39 is 6.09 Å². The quantitative estimate of drug-likeness (QED) is 0.875. The van der Waals surface area contributed by atoms with Crippen molar-refractivity contribution in [2.75, 3.05) is 20.8 Å².